The average Bonchev–Trinajstić information content (AvgIpc) is 3.36. The highest BCUT2D eigenvalue weighted by Gasteiger charge is 2.32. The van der Waals surface area contributed by atoms with Crippen molar-refractivity contribution >= 4 is 39.3 Å². The van der Waals surface area contributed by atoms with Gasteiger partial charge in [-0.25, -0.2) is 0 Å². The maximum Gasteiger partial charge on any atom is 0.243 e. The highest BCUT2D eigenvalue weighted by atomic mass is 79.9. The summed E-state index contributed by atoms with van der Waals surface area (Å²) in [5.41, 5.74) is 2.73. The van der Waals surface area contributed by atoms with Gasteiger partial charge in [0.2, 0.25) is 11.8 Å². The molecular formula is C29H30BrClN2O2. The van der Waals surface area contributed by atoms with E-state index in [4.69, 9.17) is 11.6 Å². The summed E-state index contributed by atoms with van der Waals surface area (Å²) in [7, 11) is 0. The van der Waals surface area contributed by atoms with Crippen molar-refractivity contribution in [3.63, 3.8) is 0 Å². The predicted octanol–water partition coefficient (Wildman–Crippen LogP) is 6.34. The Labute approximate surface area is 220 Å². The third-order valence-electron chi connectivity index (χ3n) is 6.51. The summed E-state index contributed by atoms with van der Waals surface area (Å²) in [6.45, 7) is 0.332. The first-order valence-electron chi connectivity index (χ1n) is 12.1. The molecule has 1 aliphatic rings. The van der Waals surface area contributed by atoms with Crippen molar-refractivity contribution in [3.8, 4) is 0 Å². The molecule has 182 valence electrons. The topological polar surface area (TPSA) is 49.4 Å². The second-order valence-electron chi connectivity index (χ2n) is 9.12. The molecule has 2 amide bonds. The molecular weight excluding hydrogens is 524 g/mol. The molecule has 0 bridgehead atoms. The second-order valence-corrected chi connectivity index (χ2v) is 10.4. The lowest BCUT2D eigenvalue weighted by atomic mass is 10.0. The molecule has 4 nitrogen and oxygen atoms in total. The molecule has 0 heterocycles. The fourth-order valence-corrected chi connectivity index (χ4v) is 5.31. The standard InChI is InChI=1S/C29H30BrClN2O2/c30-24-13-8-11-22(17-24)20-33(28(34)19-23-12-4-7-16-26(23)31)27(18-21-9-2-1-3-10-21)29(35)32-25-14-5-6-15-25/h1-4,7-13,16-17,25,27H,5-6,14-15,18-20H2,(H,32,35)/t27-/m0/s1. The van der Waals surface area contributed by atoms with Crippen LogP contribution in [0.1, 0.15) is 42.4 Å². The van der Waals surface area contributed by atoms with E-state index in [0.29, 0.717) is 18.0 Å². The predicted molar refractivity (Wildman–Crippen MR) is 144 cm³/mol. The van der Waals surface area contributed by atoms with Gasteiger partial charge in [-0.05, 0) is 47.7 Å². The van der Waals surface area contributed by atoms with Crippen LogP contribution in [0.5, 0.6) is 0 Å². The average molecular weight is 554 g/mol. The number of hydrogen-bond acceptors (Lipinski definition) is 2. The monoisotopic (exact) mass is 552 g/mol. The Hall–Kier alpha value is -2.63. The summed E-state index contributed by atoms with van der Waals surface area (Å²) < 4.78 is 0.934. The van der Waals surface area contributed by atoms with E-state index in [1.807, 2.05) is 72.8 Å². The number of amides is 2. The Morgan fingerprint density at radius 3 is 2.34 bits per heavy atom. The highest BCUT2D eigenvalue weighted by molar-refractivity contribution is 9.10. The quantitative estimate of drug-likeness (QED) is 0.336. The first-order chi connectivity index (χ1) is 17.0. The molecule has 4 rings (SSSR count). The van der Waals surface area contributed by atoms with Gasteiger partial charge in [-0.3, -0.25) is 9.59 Å². The van der Waals surface area contributed by atoms with Crippen LogP contribution in [-0.2, 0) is 29.0 Å². The Morgan fingerprint density at radius 2 is 1.63 bits per heavy atom. The minimum absolute atomic E-state index is 0.0942. The molecule has 1 saturated carbocycles. The van der Waals surface area contributed by atoms with Crippen molar-refractivity contribution < 1.29 is 9.59 Å². The normalized spacial score (nSPS) is 14.5. The summed E-state index contributed by atoms with van der Waals surface area (Å²) in [6, 6.07) is 24.7. The van der Waals surface area contributed by atoms with Gasteiger partial charge in [-0.2, -0.15) is 0 Å². The molecule has 3 aromatic carbocycles. The van der Waals surface area contributed by atoms with Gasteiger partial charge in [-0.1, -0.05) is 101 Å². The van der Waals surface area contributed by atoms with Crippen molar-refractivity contribution in [2.24, 2.45) is 0 Å². The Morgan fingerprint density at radius 1 is 0.943 bits per heavy atom. The number of halogens is 2. The molecule has 1 fully saturated rings. The smallest absolute Gasteiger partial charge is 0.243 e. The van der Waals surface area contributed by atoms with Gasteiger partial charge in [-0.15, -0.1) is 0 Å². The molecule has 0 saturated heterocycles. The zero-order valence-electron chi connectivity index (χ0n) is 19.6. The highest BCUT2D eigenvalue weighted by Crippen LogP contribution is 2.23. The molecule has 1 N–H and O–H groups in total. The Balaban J connectivity index is 1.67. The third-order valence-corrected chi connectivity index (χ3v) is 7.38. The van der Waals surface area contributed by atoms with Crippen molar-refractivity contribution in [1.29, 1.82) is 0 Å². The molecule has 6 heteroatoms. The van der Waals surface area contributed by atoms with Crippen LogP contribution in [0.4, 0.5) is 0 Å². The number of benzene rings is 3. The molecule has 0 aliphatic heterocycles. The van der Waals surface area contributed by atoms with E-state index in [0.717, 1.165) is 46.8 Å². The molecule has 0 unspecified atom stereocenters. The van der Waals surface area contributed by atoms with Crippen molar-refractivity contribution in [1.82, 2.24) is 10.2 Å². The Kier molecular flexibility index (Phi) is 9.00. The van der Waals surface area contributed by atoms with Crippen LogP contribution in [0.25, 0.3) is 0 Å². The number of nitrogens with zero attached hydrogens (tertiary/aromatic N) is 1. The van der Waals surface area contributed by atoms with Gasteiger partial charge in [0.05, 0.1) is 6.42 Å². The summed E-state index contributed by atoms with van der Waals surface area (Å²) in [5.74, 6) is -0.219. The largest absolute Gasteiger partial charge is 0.352 e. The summed E-state index contributed by atoms with van der Waals surface area (Å²) in [5, 5.41) is 3.79. The van der Waals surface area contributed by atoms with Crippen LogP contribution in [0, 0.1) is 0 Å². The summed E-state index contributed by atoms with van der Waals surface area (Å²) in [6.07, 6.45) is 4.81. The van der Waals surface area contributed by atoms with Crippen LogP contribution >= 0.6 is 27.5 Å². The van der Waals surface area contributed by atoms with Crippen LogP contribution in [-0.4, -0.2) is 28.8 Å². The minimum Gasteiger partial charge on any atom is -0.352 e. The van der Waals surface area contributed by atoms with Crippen molar-refractivity contribution in [3.05, 3.63) is 105 Å². The molecule has 0 radical (unpaired) electrons. The van der Waals surface area contributed by atoms with E-state index in [-0.39, 0.29) is 24.3 Å². The van der Waals surface area contributed by atoms with E-state index in [1.165, 1.54) is 0 Å². The first kappa shape index (κ1) is 25.5. The molecule has 3 aromatic rings. The van der Waals surface area contributed by atoms with E-state index >= 15 is 0 Å². The maximum absolute atomic E-state index is 13.8. The number of rotatable bonds is 9. The molecule has 0 aromatic heterocycles. The summed E-state index contributed by atoms with van der Waals surface area (Å²) >= 11 is 9.91. The molecule has 1 aliphatic carbocycles. The molecule has 35 heavy (non-hydrogen) atoms. The third kappa shape index (κ3) is 7.18. The number of hydrogen-bond donors (Lipinski definition) is 1. The van der Waals surface area contributed by atoms with Crippen LogP contribution in [0.2, 0.25) is 5.02 Å². The van der Waals surface area contributed by atoms with Gasteiger partial charge in [0.15, 0.2) is 0 Å². The van der Waals surface area contributed by atoms with Crippen LogP contribution in [0.15, 0.2) is 83.3 Å². The summed E-state index contributed by atoms with van der Waals surface area (Å²) in [4.78, 5) is 29.2. The van der Waals surface area contributed by atoms with E-state index < -0.39 is 6.04 Å². The van der Waals surface area contributed by atoms with Gasteiger partial charge in [0.1, 0.15) is 6.04 Å². The zero-order valence-corrected chi connectivity index (χ0v) is 22.0. The number of carbonyl (C=O) groups is 2. The molecule has 1 atom stereocenters. The second kappa shape index (κ2) is 12.4. The van der Waals surface area contributed by atoms with Crippen molar-refractivity contribution in [2.75, 3.05) is 0 Å². The fraction of sp³-hybridized carbons (Fsp3) is 0.310. The fourth-order valence-electron chi connectivity index (χ4n) is 4.66. The van der Waals surface area contributed by atoms with Gasteiger partial charge in [0, 0.05) is 28.5 Å². The van der Waals surface area contributed by atoms with E-state index in [9.17, 15) is 9.59 Å². The Bertz CT molecular complexity index is 1150. The lowest BCUT2D eigenvalue weighted by molar-refractivity contribution is -0.141. The number of carbonyl (C=O) groups excluding carboxylic acids is 2. The zero-order chi connectivity index (χ0) is 24.6. The van der Waals surface area contributed by atoms with Gasteiger partial charge in [0.25, 0.3) is 0 Å². The van der Waals surface area contributed by atoms with Crippen LogP contribution in [0.3, 0.4) is 0 Å². The SMILES string of the molecule is O=C(NC1CCCC1)[C@H](Cc1ccccc1)N(Cc1cccc(Br)c1)C(=O)Cc1ccccc1Cl. The van der Waals surface area contributed by atoms with Crippen LogP contribution < -0.4 is 5.32 Å². The van der Waals surface area contributed by atoms with Crippen molar-refractivity contribution in [2.45, 2.75) is 57.2 Å². The number of nitrogens with one attached hydrogen (secondary N) is 1. The van der Waals surface area contributed by atoms with Gasteiger partial charge < -0.3 is 10.2 Å². The lowest BCUT2D eigenvalue weighted by Crippen LogP contribution is -2.52. The molecule has 0 spiro atoms. The first-order valence-corrected chi connectivity index (χ1v) is 13.3. The lowest BCUT2D eigenvalue weighted by Gasteiger charge is -2.32. The van der Waals surface area contributed by atoms with Gasteiger partial charge >= 0.3 is 0 Å². The van der Waals surface area contributed by atoms with E-state index in [1.54, 1.807) is 11.0 Å². The minimum atomic E-state index is -0.632. The maximum atomic E-state index is 13.8. The van der Waals surface area contributed by atoms with E-state index in [2.05, 4.69) is 21.2 Å².